The Morgan fingerprint density at radius 3 is 1.30 bits per heavy atom. The number of nitrogens with zero attached hydrogens (tertiary/aromatic N) is 1. The van der Waals surface area contributed by atoms with E-state index in [9.17, 15) is 14.3 Å². The van der Waals surface area contributed by atoms with E-state index >= 15 is 0 Å². The molecule has 0 amide bonds. The Labute approximate surface area is 412 Å². The van der Waals surface area contributed by atoms with Gasteiger partial charge in [0.25, 0.3) is 7.82 Å². The Balaban J connectivity index is 4.31. The lowest BCUT2D eigenvalue weighted by molar-refractivity contribution is -0.870. The van der Waals surface area contributed by atoms with Crippen molar-refractivity contribution >= 4 is 13.8 Å². The smallest absolute Gasteiger partial charge is 0.306 e. The molecule has 0 N–H and O–H groups in total. The van der Waals surface area contributed by atoms with Crippen LogP contribution >= 0.6 is 7.82 Å². The van der Waals surface area contributed by atoms with E-state index in [0.717, 1.165) is 109 Å². The summed E-state index contributed by atoms with van der Waals surface area (Å²) in [4.78, 5) is 25.2. The third-order valence-electron chi connectivity index (χ3n) is 10.5. The van der Waals surface area contributed by atoms with E-state index in [0.29, 0.717) is 17.6 Å². The maximum absolute atomic E-state index is 12.8. The zero-order valence-electron chi connectivity index (χ0n) is 43.3. The van der Waals surface area contributed by atoms with Crippen LogP contribution in [0.5, 0.6) is 0 Å². The lowest BCUT2D eigenvalue weighted by Crippen LogP contribution is -2.37. The van der Waals surface area contributed by atoms with Gasteiger partial charge < -0.3 is 27.9 Å². The van der Waals surface area contributed by atoms with Crippen molar-refractivity contribution in [1.82, 2.24) is 0 Å². The van der Waals surface area contributed by atoms with E-state index in [1.165, 1.54) is 51.4 Å². The summed E-state index contributed by atoms with van der Waals surface area (Å²) in [6, 6.07) is 0. The van der Waals surface area contributed by atoms with Gasteiger partial charge in [-0.05, 0) is 109 Å². The van der Waals surface area contributed by atoms with Crippen LogP contribution in [0.1, 0.15) is 181 Å². The number of likely N-dealkylation sites (N-methyl/N-ethyl adjacent to an activating group) is 1. The minimum atomic E-state index is -4.56. The molecule has 0 aliphatic heterocycles. The van der Waals surface area contributed by atoms with Gasteiger partial charge >= 0.3 is 5.97 Å². The molecule has 0 radical (unpaired) electrons. The molecule has 0 heterocycles. The fourth-order valence-electron chi connectivity index (χ4n) is 6.47. The number of quaternary nitrogens is 1. The van der Waals surface area contributed by atoms with Crippen molar-refractivity contribution in [3.63, 3.8) is 0 Å². The number of carbonyl (C=O) groups excluding carboxylic acids is 1. The summed E-state index contributed by atoms with van der Waals surface area (Å²) in [5.41, 5.74) is 0. The van der Waals surface area contributed by atoms with E-state index in [2.05, 4.69) is 135 Å². The van der Waals surface area contributed by atoms with Gasteiger partial charge in [0.15, 0.2) is 0 Å². The summed E-state index contributed by atoms with van der Waals surface area (Å²) >= 11 is 0. The van der Waals surface area contributed by atoms with E-state index < -0.39 is 13.9 Å². The van der Waals surface area contributed by atoms with Crippen LogP contribution in [-0.4, -0.2) is 70.7 Å². The van der Waals surface area contributed by atoms with Crippen molar-refractivity contribution in [3.05, 3.63) is 122 Å². The predicted octanol–water partition coefficient (Wildman–Crippen LogP) is 15.9. The molecule has 0 aliphatic rings. The summed E-state index contributed by atoms with van der Waals surface area (Å²) in [6.45, 7) is 5.12. The van der Waals surface area contributed by atoms with Gasteiger partial charge in [0.2, 0.25) is 0 Å². The number of unbranched alkanes of at least 4 members (excludes halogenated alkanes) is 13. The molecule has 0 rings (SSSR count). The van der Waals surface area contributed by atoms with Gasteiger partial charge in [0.1, 0.15) is 19.3 Å². The molecule has 8 nitrogen and oxygen atoms in total. The molecular weight excluding hydrogens is 854 g/mol. The molecule has 0 saturated carbocycles. The summed E-state index contributed by atoms with van der Waals surface area (Å²) in [5, 5.41) is 0. The van der Waals surface area contributed by atoms with E-state index in [4.69, 9.17) is 18.5 Å². The highest BCUT2D eigenvalue weighted by atomic mass is 31.2. The number of allylic oxidation sites excluding steroid dienone is 20. The molecular formula is C58H98NO7P. The molecule has 0 aromatic heterocycles. The molecule has 2 unspecified atom stereocenters. The summed E-state index contributed by atoms with van der Waals surface area (Å²) in [7, 11) is 1.30. The largest absolute Gasteiger partial charge is 0.756 e. The fourth-order valence-corrected chi connectivity index (χ4v) is 7.20. The highest BCUT2D eigenvalue weighted by Crippen LogP contribution is 2.38. The second-order valence-electron chi connectivity index (χ2n) is 18.1. The SMILES string of the molecule is CC/C=C\C/C=C\C/C=C\C/C=C\C/C=C\C/C=C\C/C=C\CCCCOCC(COP(=O)([O-])OCC[N+](C)(C)C)OC(=O)CCCCCCCC/C=C\C/C=C\C/C=C\CCCCCCC. The van der Waals surface area contributed by atoms with Crippen LogP contribution in [0.15, 0.2) is 122 Å². The van der Waals surface area contributed by atoms with Crippen LogP contribution in [0.3, 0.4) is 0 Å². The number of esters is 1. The third-order valence-corrected chi connectivity index (χ3v) is 11.5. The van der Waals surface area contributed by atoms with Crippen LogP contribution in [0, 0.1) is 0 Å². The Hall–Kier alpha value is -3.10. The maximum Gasteiger partial charge on any atom is 0.306 e. The van der Waals surface area contributed by atoms with E-state index in [-0.39, 0.29) is 32.2 Å². The molecule has 0 aromatic carbocycles. The van der Waals surface area contributed by atoms with Gasteiger partial charge in [0.05, 0.1) is 34.4 Å². The first kappa shape index (κ1) is 63.9. The molecule has 0 fully saturated rings. The molecule has 0 aromatic rings. The number of ether oxygens (including phenoxy) is 2. The highest BCUT2D eigenvalue weighted by molar-refractivity contribution is 7.45. The standard InChI is InChI=1S/C58H98NO7P/c1-6-8-10-12-14-16-18-20-22-24-26-28-29-30-32-34-36-38-40-42-44-46-48-50-53-63-55-57(56-65-67(61,62)64-54-52-59(3,4)5)66-58(60)51-49-47-45-43-41-39-37-35-33-31-27-25-23-21-19-17-15-13-11-9-7-2/h8,10,14,16,19-22,25-28,30,32-33,35-36,38,42,44,57H,6-7,9,11-13,15,17-18,23-24,29,31,34,37,39-41,43,45-56H2,1-5H3/b10-8-,16-14-,21-19-,22-20-,27-25-,28-26-,32-30-,35-33-,38-36-,44-42-. The fraction of sp³-hybridized carbons (Fsp3) is 0.638. The molecule has 382 valence electrons. The minimum absolute atomic E-state index is 0.00696. The maximum atomic E-state index is 12.8. The Kier molecular flexibility index (Phi) is 47.0. The average Bonchev–Trinajstić information content (AvgIpc) is 3.29. The van der Waals surface area contributed by atoms with Crippen molar-refractivity contribution in [2.45, 2.75) is 187 Å². The summed E-state index contributed by atoms with van der Waals surface area (Å²) in [6.07, 6.45) is 70.9. The van der Waals surface area contributed by atoms with Gasteiger partial charge in [0, 0.05) is 13.0 Å². The predicted molar refractivity (Wildman–Crippen MR) is 286 cm³/mol. The van der Waals surface area contributed by atoms with Gasteiger partial charge in [-0.1, -0.05) is 187 Å². The number of hydrogen-bond acceptors (Lipinski definition) is 7. The van der Waals surface area contributed by atoms with Crippen molar-refractivity contribution in [2.24, 2.45) is 0 Å². The first-order valence-corrected chi connectivity index (χ1v) is 27.7. The molecule has 0 saturated heterocycles. The molecule has 2 atom stereocenters. The molecule has 0 bridgehead atoms. The molecule has 9 heteroatoms. The second kappa shape index (κ2) is 49.3. The zero-order valence-corrected chi connectivity index (χ0v) is 44.2. The van der Waals surface area contributed by atoms with Crippen LogP contribution in [0.4, 0.5) is 0 Å². The topological polar surface area (TPSA) is 94.1 Å². The first-order valence-electron chi connectivity index (χ1n) is 26.3. The van der Waals surface area contributed by atoms with E-state index in [1.807, 2.05) is 21.1 Å². The third kappa shape index (κ3) is 53.7. The van der Waals surface area contributed by atoms with Crippen molar-refractivity contribution < 1.29 is 37.3 Å². The lowest BCUT2D eigenvalue weighted by atomic mass is 10.1. The Morgan fingerprint density at radius 1 is 0.478 bits per heavy atom. The minimum Gasteiger partial charge on any atom is -0.756 e. The van der Waals surface area contributed by atoms with Crippen molar-refractivity contribution in [3.8, 4) is 0 Å². The van der Waals surface area contributed by atoms with Crippen molar-refractivity contribution in [1.29, 1.82) is 0 Å². The first-order chi connectivity index (χ1) is 32.6. The Morgan fingerprint density at radius 2 is 0.866 bits per heavy atom. The van der Waals surface area contributed by atoms with Gasteiger partial charge in [-0.15, -0.1) is 0 Å². The molecule has 0 aliphatic carbocycles. The monoisotopic (exact) mass is 952 g/mol. The quantitative estimate of drug-likeness (QED) is 0.0197. The molecule has 67 heavy (non-hydrogen) atoms. The summed E-state index contributed by atoms with van der Waals surface area (Å²) in [5.74, 6) is -0.367. The van der Waals surface area contributed by atoms with Crippen LogP contribution < -0.4 is 4.89 Å². The van der Waals surface area contributed by atoms with Crippen molar-refractivity contribution in [2.75, 3.05) is 54.1 Å². The van der Waals surface area contributed by atoms with Crippen LogP contribution in [0.25, 0.3) is 0 Å². The number of phosphoric acid groups is 1. The average molecular weight is 952 g/mol. The lowest BCUT2D eigenvalue weighted by Gasteiger charge is -2.28. The zero-order chi connectivity index (χ0) is 49.0. The van der Waals surface area contributed by atoms with Crippen LogP contribution in [0.2, 0.25) is 0 Å². The second-order valence-corrected chi connectivity index (χ2v) is 19.6. The van der Waals surface area contributed by atoms with Gasteiger partial charge in [-0.25, -0.2) is 0 Å². The molecule has 0 spiro atoms. The number of carbonyl (C=O) groups is 1. The van der Waals surface area contributed by atoms with Gasteiger partial charge in [-0.2, -0.15) is 0 Å². The number of phosphoric ester groups is 1. The van der Waals surface area contributed by atoms with Crippen LogP contribution in [-0.2, 0) is 27.9 Å². The Bertz CT molecular complexity index is 1480. The number of hydrogen-bond donors (Lipinski definition) is 0. The van der Waals surface area contributed by atoms with E-state index in [1.54, 1.807) is 0 Å². The normalized spacial score (nSPS) is 14.5. The highest BCUT2D eigenvalue weighted by Gasteiger charge is 2.20. The number of rotatable bonds is 47. The summed E-state index contributed by atoms with van der Waals surface area (Å²) < 4.78 is 34.7. The van der Waals surface area contributed by atoms with Gasteiger partial charge in [-0.3, -0.25) is 9.36 Å².